The van der Waals surface area contributed by atoms with E-state index in [2.05, 4.69) is 11.8 Å². The van der Waals surface area contributed by atoms with Crippen LogP contribution in [0, 0.1) is 17.7 Å². The number of allylic oxidation sites excluding steroid dienone is 1. The first-order chi connectivity index (χ1) is 17.0. The summed E-state index contributed by atoms with van der Waals surface area (Å²) in [6, 6.07) is 1.24. The Kier molecular flexibility index (Phi) is 8.47. The summed E-state index contributed by atoms with van der Waals surface area (Å²) in [5, 5.41) is 9.56. The summed E-state index contributed by atoms with van der Waals surface area (Å²) in [5.74, 6) is -2.97. The van der Waals surface area contributed by atoms with Gasteiger partial charge in [-0.05, 0) is 43.4 Å². The molecule has 2 fully saturated rings. The van der Waals surface area contributed by atoms with Gasteiger partial charge in [0.05, 0.1) is 7.11 Å². The molecule has 1 aromatic rings. The number of Topliss-reactive ketones (excluding diaryl/α,β-unsaturated/α-hetero) is 1. The van der Waals surface area contributed by atoms with Crippen molar-refractivity contribution in [2.24, 2.45) is 11.8 Å². The van der Waals surface area contributed by atoms with Gasteiger partial charge >= 0.3 is 5.97 Å². The Balaban J connectivity index is 1.46. The highest BCUT2D eigenvalue weighted by atomic mass is 19.1. The zero-order valence-corrected chi connectivity index (χ0v) is 21.2. The summed E-state index contributed by atoms with van der Waals surface area (Å²) in [6.07, 6.45) is 12.5. The van der Waals surface area contributed by atoms with Crippen molar-refractivity contribution in [1.82, 2.24) is 4.90 Å². The number of rotatable bonds is 12. The minimum absolute atomic E-state index is 0.137. The maximum absolute atomic E-state index is 15.5. The molecule has 0 aromatic heterocycles. The minimum Gasteiger partial charge on any atom is -0.494 e. The van der Waals surface area contributed by atoms with Crippen molar-refractivity contribution in [2.75, 3.05) is 44.7 Å². The van der Waals surface area contributed by atoms with E-state index < -0.39 is 23.5 Å². The normalized spacial score (nSPS) is 20.5. The molecular formula is C28H39FN2O4. The van der Waals surface area contributed by atoms with Crippen LogP contribution < -0.4 is 9.64 Å². The molecule has 3 aliphatic rings. The largest absolute Gasteiger partial charge is 0.494 e. The topological polar surface area (TPSA) is 70.1 Å². The van der Waals surface area contributed by atoms with Gasteiger partial charge in [0.1, 0.15) is 11.6 Å². The van der Waals surface area contributed by atoms with Crippen molar-refractivity contribution in [3.05, 3.63) is 29.1 Å². The first-order valence-electron chi connectivity index (χ1n) is 13.3. The number of nitrogens with zero attached hydrogens (tertiary/aromatic N) is 2. The van der Waals surface area contributed by atoms with Crippen LogP contribution in [0.15, 0.2) is 12.1 Å². The standard InChI is InChI=1S/C28H39FN2O4/c1-3-4-5-6-7-8-9-12-30-13-15-31(16-14-30)25-23(29)18-21-24(27(25)35-2)20(19-10-11-19)17-22(26(21)32)28(33)34/h17-19,22H,3-16H2,1-2H3,(H,33,34). The molecule has 1 atom stereocenters. The number of halogens is 1. The van der Waals surface area contributed by atoms with E-state index in [0.717, 1.165) is 38.0 Å². The molecule has 1 aliphatic heterocycles. The number of carboxylic acids is 1. The van der Waals surface area contributed by atoms with Gasteiger partial charge in [0.25, 0.3) is 0 Å². The third kappa shape index (κ3) is 5.71. The van der Waals surface area contributed by atoms with Crippen molar-refractivity contribution in [2.45, 2.75) is 64.7 Å². The van der Waals surface area contributed by atoms with E-state index in [0.29, 0.717) is 30.1 Å². The van der Waals surface area contributed by atoms with E-state index in [-0.39, 0.29) is 11.5 Å². The molecule has 1 aromatic carbocycles. The van der Waals surface area contributed by atoms with Crippen LogP contribution in [0.3, 0.4) is 0 Å². The van der Waals surface area contributed by atoms with Crippen LogP contribution in [-0.2, 0) is 4.79 Å². The maximum atomic E-state index is 15.5. The second-order valence-corrected chi connectivity index (χ2v) is 10.2. The smallest absolute Gasteiger partial charge is 0.318 e. The van der Waals surface area contributed by atoms with Crippen LogP contribution >= 0.6 is 0 Å². The van der Waals surface area contributed by atoms with Gasteiger partial charge in [-0.2, -0.15) is 0 Å². The molecule has 0 radical (unpaired) electrons. The number of piperazine rings is 1. The summed E-state index contributed by atoms with van der Waals surface area (Å²) in [7, 11) is 1.51. The summed E-state index contributed by atoms with van der Waals surface area (Å²) in [6.45, 7) is 6.42. The number of anilines is 1. The van der Waals surface area contributed by atoms with Crippen molar-refractivity contribution in [3.63, 3.8) is 0 Å². The first kappa shape index (κ1) is 25.7. The van der Waals surface area contributed by atoms with Crippen molar-refractivity contribution in [3.8, 4) is 5.75 Å². The third-order valence-corrected chi connectivity index (χ3v) is 7.65. The first-order valence-corrected chi connectivity index (χ1v) is 13.3. The molecule has 1 saturated carbocycles. The van der Waals surface area contributed by atoms with Crippen LogP contribution in [-0.4, -0.2) is 61.6 Å². The lowest BCUT2D eigenvalue weighted by molar-refractivity contribution is -0.138. The van der Waals surface area contributed by atoms with E-state index in [9.17, 15) is 14.7 Å². The number of carbonyl (C=O) groups is 2. The summed E-state index contributed by atoms with van der Waals surface area (Å²) in [5.41, 5.74) is 1.95. The van der Waals surface area contributed by atoms with Crippen LogP contribution in [0.5, 0.6) is 5.75 Å². The van der Waals surface area contributed by atoms with Gasteiger partial charge in [-0.25, -0.2) is 4.39 Å². The molecular weight excluding hydrogens is 447 g/mol. The Labute approximate surface area is 208 Å². The highest BCUT2D eigenvalue weighted by molar-refractivity contribution is 6.16. The number of carboxylic acid groups (broad SMARTS) is 1. The number of aliphatic carboxylic acids is 1. The average molecular weight is 487 g/mol. The zero-order valence-electron chi connectivity index (χ0n) is 21.2. The number of ether oxygens (including phenoxy) is 1. The molecule has 2 aliphatic carbocycles. The van der Waals surface area contributed by atoms with Crippen LogP contribution in [0.1, 0.15) is 80.6 Å². The molecule has 1 heterocycles. The fourth-order valence-electron chi connectivity index (χ4n) is 5.50. The molecule has 6 nitrogen and oxygen atoms in total. The number of carbonyl (C=O) groups excluding carboxylic acids is 1. The van der Waals surface area contributed by atoms with Gasteiger partial charge in [-0.1, -0.05) is 51.5 Å². The number of fused-ring (bicyclic) bond motifs is 1. The molecule has 4 rings (SSSR count). The van der Waals surface area contributed by atoms with E-state index in [1.54, 1.807) is 6.08 Å². The molecule has 7 heteroatoms. The minimum atomic E-state index is -1.26. The number of unbranched alkanes of at least 4 members (excludes halogenated alkanes) is 6. The second-order valence-electron chi connectivity index (χ2n) is 10.2. The van der Waals surface area contributed by atoms with E-state index >= 15 is 4.39 Å². The predicted molar refractivity (Wildman–Crippen MR) is 136 cm³/mol. The summed E-state index contributed by atoms with van der Waals surface area (Å²) >= 11 is 0. The Morgan fingerprint density at radius 1 is 1.09 bits per heavy atom. The summed E-state index contributed by atoms with van der Waals surface area (Å²) in [4.78, 5) is 29.1. The van der Waals surface area contributed by atoms with Gasteiger partial charge in [-0.15, -0.1) is 0 Å². The Morgan fingerprint density at radius 2 is 1.74 bits per heavy atom. The number of benzene rings is 1. The van der Waals surface area contributed by atoms with Gasteiger partial charge in [0.15, 0.2) is 17.3 Å². The zero-order chi connectivity index (χ0) is 24.9. The van der Waals surface area contributed by atoms with Crippen molar-refractivity contribution < 1.29 is 23.8 Å². The van der Waals surface area contributed by atoms with Gasteiger partial charge in [0, 0.05) is 37.3 Å². The molecule has 0 bridgehead atoms. The van der Waals surface area contributed by atoms with Gasteiger partial charge < -0.3 is 14.7 Å². The molecule has 192 valence electrons. The molecule has 0 amide bonds. The van der Waals surface area contributed by atoms with E-state index in [1.165, 1.54) is 58.1 Å². The van der Waals surface area contributed by atoms with Crippen molar-refractivity contribution in [1.29, 1.82) is 0 Å². The SMILES string of the molecule is CCCCCCCCCN1CCN(c2c(F)cc3c(c2OC)C(C2CC2)=CC(C(=O)O)C3=O)CC1. The van der Waals surface area contributed by atoms with Crippen molar-refractivity contribution >= 4 is 23.0 Å². The number of hydrogen-bond donors (Lipinski definition) is 1. The lowest BCUT2D eigenvalue weighted by atomic mass is 9.80. The highest BCUT2D eigenvalue weighted by Crippen LogP contribution is 2.51. The molecule has 0 spiro atoms. The molecule has 1 N–H and O–H groups in total. The number of ketones is 1. The Morgan fingerprint density at radius 3 is 2.34 bits per heavy atom. The second kappa shape index (κ2) is 11.5. The van der Waals surface area contributed by atoms with Crippen LogP contribution in [0.2, 0.25) is 0 Å². The summed E-state index contributed by atoms with van der Waals surface area (Å²) < 4.78 is 21.2. The van der Waals surface area contributed by atoms with Gasteiger partial charge in [-0.3, -0.25) is 14.5 Å². The fourth-order valence-corrected chi connectivity index (χ4v) is 5.50. The quantitative estimate of drug-likeness (QED) is 0.315. The van der Waals surface area contributed by atoms with Crippen LogP contribution in [0.25, 0.3) is 5.57 Å². The monoisotopic (exact) mass is 486 g/mol. The van der Waals surface area contributed by atoms with E-state index in [4.69, 9.17) is 4.74 Å². The highest BCUT2D eigenvalue weighted by Gasteiger charge is 2.41. The molecule has 1 unspecified atom stereocenters. The lowest BCUT2D eigenvalue weighted by Gasteiger charge is -2.37. The number of methoxy groups -OCH3 is 1. The Bertz CT molecular complexity index is 964. The average Bonchev–Trinajstić information content (AvgIpc) is 3.69. The molecule has 1 saturated heterocycles. The third-order valence-electron chi connectivity index (χ3n) is 7.65. The fraction of sp³-hybridized carbons (Fsp3) is 0.643. The molecule has 35 heavy (non-hydrogen) atoms. The Hall–Kier alpha value is -2.41. The van der Waals surface area contributed by atoms with Gasteiger partial charge in [0.2, 0.25) is 0 Å². The predicted octanol–water partition coefficient (Wildman–Crippen LogP) is 5.40. The van der Waals surface area contributed by atoms with E-state index in [1.807, 2.05) is 4.90 Å². The lowest BCUT2D eigenvalue weighted by Crippen LogP contribution is -2.47. The number of hydrogen-bond acceptors (Lipinski definition) is 5. The maximum Gasteiger partial charge on any atom is 0.318 e. The van der Waals surface area contributed by atoms with Crippen LogP contribution in [0.4, 0.5) is 10.1 Å².